The number of carbonyl (C=O) groups excluding carboxylic acids is 1. The minimum atomic E-state index is 0.0120. The van der Waals surface area contributed by atoms with Gasteiger partial charge in [0.05, 0.1) is 0 Å². The Balaban J connectivity index is 2.58. The number of rotatable bonds is 2. The summed E-state index contributed by atoms with van der Waals surface area (Å²) in [6, 6.07) is 10.7. The molecule has 0 saturated heterocycles. The second kappa shape index (κ2) is 3.76. The summed E-state index contributed by atoms with van der Waals surface area (Å²) in [7, 11) is 0. The van der Waals surface area contributed by atoms with Crippen molar-refractivity contribution in [3.8, 4) is 0 Å². The Kier molecular flexibility index (Phi) is 2.66. The zero-order valence-electron chi connectivity index (χ0n) is 6.35. The van der Waals surface area contributed by atoms with E-state index in [1.165, 1.54) is 0 Å². The van der Waals surface area contributed by atoms with Crippen LogP contribution in [0, 0.1) is 12.1 Å². The lowest BCUT2D eigenvalue weighted by Crippen LogP contribution is -2.08. The number of hydrogen-bond acceptors (Lipinski definition) is 1. The first-order chi connectivity index (χ1) is 5.33. The summed E-state index contributed by atoms with van der Waals surface area (Å²) >= 11 is 0. The fourth-order valence-corrected chi connectivity index (χ4v) is 0.674. The normalized spacial score (nSPS) is 9.18. The molecule has 0 atom stereocenters. The largest absolute Gasteiger partial charge is 0.326 e. The predicted octanol–water partition coefficient (Wildman–Crippen LogP) is 1.64. The highest BCUT2D eigenvalue weighted by molar-refractivity contribution is 5.90. The van der Waals surface area contributed by atoms with Gasteiger partial charge >= 0.3 is 0 Å². The van der Waals surface area contributed by atoms with Crippen molar-refractivity contribution in [1.29, 1.82) is 0 Å². The molecule has 0 saturated carbocycles. The highest BCUT2D eigenvalue weighted by Crippen LogP contribution is 2.03. The molecule has 1 N–H and O–H groups in total. The summed E-state index contributed by atoms with van der Waals surface area (Å²) in [5.41, 5.74) is 0.749. The second-order valence-electron chi connectivity index (χ2n) is 2.12. The van der Waals surface area contributed by atoms with E-state index in [2.05, 4.69) is 17.4 Å². The molecule has 0 spiro atoms. The number of carbonyl (C=O) groups is 1. The molecule has 0 aliphatic heterocycles. The van der Waals surface area contributed by atoms with Gasteiger partial charge in [-0.2, -0.15) is 0 Å². The van der Waals surface area contributed by atoms with Crippen molar-refractivity contribution in [2.24, 2.45) is 0 Å². The fraction of sp³-hybridized carbons (Fsp3) is 0.222. The van der Waals surface area contributed by atoms with Crippen molar-refractivity contribution in [3.05, 3.63) is 30.3 Å². The third-order valence-electron chi connectivity index (χ3n) is 1.25. The van der Waals surface area contributed by atoms with Crippen LogP contribution in [0.25, 0.3) is 0 Å². The van der Waals surface area contributed by atoms with Gasteiger partial charge in [-0.15, -0.1) is 0 Å². The summed E-state index contributed by atoms with van der Waals surface area (Å²) in [4.78, 5) is 10.8. The van der Waals surface area contributed by atoms with E-state index in [9.17, 15) is 4.79 Å². The van der Waals surface area contributed by atoms with Crippen molar-refractivity contribution in [1.82, 2.24) is 0 Å². The standard InChI is InChI=1S/C9H9NO/c1-2-9(11)10-8-6-4-3-5-7-8/h3,6-7H,2H2,1H3,(H,10,11). The van der Waals surface area contributed by atoms with Gasteiger partial charge in [0, 0.05) is 12.1 Å². The minimum Gasteiger partial charge on any atom is -0.326 e. The molecular formula is C9H9NO. The molecule has 0 heterocycles. The van der Waals surface area contributed by atoms with E-state index >= 15 is 0 Å². The quantitative estimate of drug-likeness (QED) is 0.676. The molecule has 0 bridgehead atoms. The average molecular weight is 147 g/mol. The molecule has 1 aromatic carbocycles. The molecule has 1 rings (SSSR count). The van der Waals surface area contributed by atoms with Crippen LogP contribution in [0.15, 0.2) is 18.2 Å². The van der Waals surface area contributed by atoms with Crippen LogP contribution in [0.5, 0.6) is 0 Å². The van der Waals surface area contributed by atoms with Gasteiger partial charge in [0.15, 0.2) is 0 Å². The lowest BCUT2D eigenvalue weighted by Gasteiger charge is -2.00. The molecule has 1 aromatic rings. The van der Waals surface area contributed by atoms with E-state index in [1.54, 1.807) is 18.2 Å². The summed E-state index contributed by atoms with van der Waals surface area (Å²) in [5.74, 6) is 0.0120. The molecule has 0 aromatic heterocycles. The minimum absolute atomic E-state index is 0.0120. The van der Waals surface area contributed by atoms with Gasteiger partial charge in [0.2, 0.25) is 5.91 Å². The lowest BCUT2D eigenvalue weighted by atomic mass is 10.3. The molecule has 0 aliphatic rings. The molecule has 0 fully saturated rings. The van der Waals surface area contributed by atoms with Gasteiger partial charge in [0.25, 0.3) is 0 Å². The van der Waals surface area contributed by atoms with Crippen LogP contribution in [0.3, 0.4) is 0 Å². The first-order valence-electron chi connectivity index (χ1n) is 3.50. The van der Waals surface area contributed by atoms with Crippen LogP contribution in [-0.4, -0.2) is 5.91 Å². The first-order valence-corrected chi connectivity index (χ1v) is 3.50. The van der Waals surface area contributed by atoms with Gasteiger partial charge in [-0.05, 0) is 30.3 Å². The van der Waals surface area contributed by atoms with E-state index in [-0.39, 0.29) is 5.91 Å². The molecule has 2 nitrogen and oxygen atoms in total. The van der Waals surface area contributed by atoms with Crippen LogP contribution in [0.2, 0.25) is 0 Å². The summed E-state index contributed by atoms with van der Waals surface area (Å²) < 4.78 is 0. The van der Waals surface area contributed by atoms with Crippen LogP contribution in [-0.2, 0) is 4.79 Å². The van der Waals surface area contributed by atoms with Crippen molar-refractivity contribution in [2.45, 2.75) is 13.3 Å². The molecule has 0 unspecified atom stereocenters. The number of anilines is 1. The third kappa shape index (κ3) is 2.42. The van der Waals surface area contributed by atoms with E-state index in [0.717, 1.165) is 5.69 Å². The van der Waals surface area contributed by atoms with E-state index < -0.39 is 0 Å². The van der Waals surface area contributed by atoms with E-state index in [1.807, 2.05) is 6.92 Å². The predicted molar refractivity (Wildman–Crippen MR) is 43.0 cm³/mol. The smallest absolute Gasteiger partial charge is 0.224 e. The monoisotopic (exact) mass is 147 g/mol. The zero-order valence-corrected chi connectivity index (χ0v) is 6.35. The van der Waals surface area contributed by atoms with Gasteiger partial charge in [-0.1, -0.05) is 6.92 Å². The lowest BCUT2D eigenvalue weighted by molar-refractivity contribution is -0.115. The summed E-state index contributed by atoms with van der Waals surface area (Å²) in [6.07, 6.45) is 0.495. The molecular weight excluding hydrogens is 138 g/mol. The molecule has 1 amide bonds. The Hall–Kier alpha value is -1.31. The third-order valence-corrected chi connectivity index (χ3v) is 1.25. The maximum atomic E-state index is 10.8. The molecule has 0 aliphatic carbocycles. The van der Waals surface area contributed by atoms with E-state index in [4.69, 9.17) is 0 Å². The Bertz CT molecular complexity index is 231. The number of nitrogens with one attached hydrogen (secondary N) is 1. The van der Waals surface area contributed by atoms with Crippen molar-refractivity contribution in [2.75, 3.05) is 5.32 Å². The second-order valence-corrected chi connectivity index (χ2v) is 2.12. The van der Waals surface area contributed by atoms with Gasteiger partial charge in [-0.25, -0.2) is 0 Å². The Labute approximate surface area is 66.2 Å². The summed E-state index contributed by atoms with van der Waals surface area (Å²) in [6.45, 7) is 1.81. The topological polar surface area (TPSA) is 29.1 Å². The highest BCUT2D eigenvalue weighted by Gasteiger charge is 1.95. The Morgan fingerprint density at radius 2 is 2.18 bits per heavy atom. The highest BCUT2D eigenvalue weighted by atomic mass is 16.1. The number of benzene rings is 1. The van der Waals surface area contributed by atoms with Crippen LogP contribution >= 0.6 is 0 Å². The Morgan fingerprint density at radius 1 is 1.55 bits per heavy atom. The first kappa shape index (κ1) is 7.79. The molecule has 2 radical (unpaired) electrons. The average Bonchev–Trinajstić information content (AvgIpc) is 2.06. The molecule has 11 heavy (non-hydrogen) atoms. The SMILES string of the molecule is CCC(=O)Nc1c[c]c[c]c1. The van der Waals surface area contributed by atoms with Crippen molar-refractivity contribution < 1.29 is 4.79 Å². The Morgan fingerprint density at radius 3 is 2.73 bits per heavy atom. The number of hydrogen-bond donors (Lipinski definition) is 1. The van der Waals surface area contributed by atoms with Crippen LogP contribution in [0.4, 0.5) is 5.69 Å². The van der Waals surface area contributed by atoms with Crippen molar-refractivity contribution >= 4 is 11.6 Å². The zero-order chi connectivity index (χ0) is 8.10. The maximum Gasteiger partial charge on any atom is 0.224 e. The molecule has 2 heteroatoms. The van der Waals surface area contributed by atoms with Gasteiger partial charge < -0.3 is 5.32 Å². The van der Waals surface area contributed by atoms with Crippen LogP contribution in [0.1, 0.15) is 13.3 Å². The number of amides is 1. The van der Waals surface area contributed by atoms with Crippen molar-refractivity contribution in [3.63, 3.8) is 0 Å². The fourth-order valence-electron chi connectivity index (χ4n) is 0.674. The van der Waals surface area contributed by atoms with E-state index in [0.29, 0.717) is 6.42 Å². The molecule has 56 valence electrons. The van der Waals surface area contributed by atoms with Gasteiger partial charge in [-0.3, -0.25) is 4.79 Å². The summed E-state index contributed by atoms with van der Waals surface area (Å²) in [5, 5.41) is 2.69. The van der Waals surface area contributed by atoms with Crippen LogP contribution < -0.4 is 5.32 Å². The maximum absolute atomic E-state index is 10.8. The van der Waals surface area contributed by atoms with Gasteiger partial charge in [0.1, 0.15) is 0 Å².